The summed E-state index contributed by atoms with van der Waals surface area (Å²) in [5.41, 5.74) is -0.176. The molecule has 0 aliphatic rings. The van der Waals surface area contributed by atoms with Gasteiger partial charge >= 0.3 is 29.2 Å². The van der Waals surface area contributed by atoms with E-state index < -0.39 is 57.9 Å². The molecule has 0 aliphatic carbocycles. The van der Waals surface area contributed by atoms with Crippen molar-refractivity contribution in [1.82, 2.24) is 0 Å². The number of hydrogen-bond donors (Lipinski definition) is 0. The van der Waals surface area contributed by atoms with Crippen LogP contribution in [0.15, 0.2) is 12.2 Å². The van der Waals surface area contributed by atoms with Gasteiger partial charge in [0.05, 0.1) is 12.4 Å². The summed E-state index contributed by atoms with van der Waals surface area (Å²) in [5.74, 6) is -17.6. The molecule has 0 aliphatic heterocycles. The average molecular weight is 410 g/mol. The number of sulfone groups is 1. The topological polar surface area (TPSA) is 60.4 Å². The summed E-state index contributed by atoms with van der Waals surface area (Å²) >= 11 is 0. The number of alkyl halides is 9. The Labute approximate surface area is 135 Å². The summed E-state index contributed by atoms with van der Waals surface area (Å²) in [5, 5.41) is -6.72. The van der Waals surface area contributed by atoms with Crippen LogP contribution in [0.2, 0.25) is 0 Å². The third-order valence-corrected chi connectivity index (χ3v) is 4.51. The smallest absolute Gasteiger partial charge is 0.460 e. The van der Waals surface area contributed by atoms with E-state index in [9.17, 15) is 52.7 Å². The van der Waals surface area contributed by atoms with E-state index in [-0.39, 0.29) is 5.57 Å². The van der Waals surface area contributed by atoms with E-state index in [4.69, 9.17) is 0 Å². The molecule has 0 bridgehead atoms. The molecule has 0 rings (SSSR count). The van der Waals surface area contributed by atoms with Crippen LogP contribution in [0, 0.1) is 0 Å². The Morgan fingerprint density at radius 1 is 0.960 bits per heavy atom. The minimum atomic E-state index is -7.30. The van der Waals surface area contributed by atoms with Crippen molar-refractivity contribution in [2.24, 2.45) is 0 Å². The maximum atomic E-state index is 13.3. The fourth-order valence-electron chi connectivity index (χ4n) is 1.22. The standard InChI is InChI=1S/C11H11F9O4S/c1-6(2)7(21)24-4-3-5-25(22,23)11(19,20)9(14,15)8(12,13)10(16,17)18/h1,3-5H2,2H3. The van der Waals surface area contributed by atoms with E-state index in [0.717, 1.165) is 6.92 Å². The molecule has 0 saturated heterocycles. The van der Waals surface area contributed by atoms with Gasteiger partial charge in [-0.15, -0.1) is 0 Å². The second kappa shape index (κ2) is 7.03. The summed E-state index contributed by atoms with van der Waals surface area (Å²) in [4.78, 5) is 10.9. The van der Waals surface area contributed by atoms with Crippen molar-refractivity contribution in [2.75, 3.05) is 12.4 Å². The fraction of sp³-hybridized carbons (Fsp3) is 0.727. The number of carbonyl (C=O) groups is 1. The minimum absolute atomic E-state index is 0.176. The van der Waals surface area contributed by atoms with Crippen molar-refractivity contribution < 1.29 is 57.5 Å². The Balaban J connectivity index is 5.34. The van der Waals surface area contributed by atoms with Gasteiger partial charge in [-0.3, -0.25) is 0 Å². The molecule has 0 atom stereocenters. The van der Waals surface area contributed by atoms with Crippen LogP contribution >= 0.6 is 0 Å². The molecule has 4 nitrogen and oxygen atoms in total. The summed E-state index contributed by atoms with van der Waals surface area (Å²) in [7, 11) is -6.46. The third kappa shape index (κ3) is 4.39. The number of hydrogen-bond acceptors (Lipinski definition) is 4. The molecule has 14 heteroatoms. The van der Waals surface area contributed by atoms with Gasteiger partial charge in [0, 0.05) is 5.57 Å². The molecule has 0 radical (unpaired) electrons. The summed E-state index contributed by atoms with van der Waals surface area (Å²) in [6, 6.07) is 0. The van der Waals surface area contributed by atoms with E-state index in [0.29, 0.717) is 0 Å². The first-order chi connectivity index (χ1) is 10.8. The highest BCUT2D eigenvalue weighted by Crippen LogP contribution is 2.54. The first-order valence-electron chi connectivity index (χ1n) is 6.08. The molecular weight excluding hydrogens is 399 g/mol. The second-order valence-corrected chi connectivity index (χ2v) is 6.90. The lowest BCUT2D eigenvalue weighted by Crippen LogP contribution is -2.63. The SMILES string of the molecule is C=C(C)C(=O)OCCCS(=O)(=O)C(F)(F)C(F)(F)C(F)(F)C(F)(F)F. The first kappa shape index (κ1) is 23.5. The lowest BCUT2D eigenvalue weighted by Gasteiger charge is -2.33. The van der Waals surface area contributed by atoms with Crippen molar-refractivity contribution in [1.29, 1.82) is 0 Å². The van der Waals surface area contributed by atoms with Crippen LogP contribution in [0.25, 0.3) is 0 Å². The van der Waals surface area contributed by atoms with Gasteiger partial charge in [-0.2, -0.15) is 39.5 Å². The van der Waals surface area contributed by atoms with Crippen LogP contribution in [0.3, 0.4) is 0 Å². The maximum absolute atomic E-state index is 13.3. The van der Waals surface area contributed by atoms with Crippen molar-refractivity contribution in [3.05, 3.63) is 12.2 Å². The van der Waals surface area contributed by atoms with Crippen LogP contribution in [0.4, 0.5) is 39.5 Å². The fourth-order valence-corrected chi connectivity index (χ4v) is 2.49. The largest absolute Gasteiger partial charge is 0.462 e. The summed E-state index contributed by atoms with van der Waals surface area (Å²) in [6.45, 7) is 3.36. The molecule has 0 aromatic rings. The molecule has 0 N–H and O–H groups in total. The first-order valence-corrected chi connectivity index (χ1v) is 7.73. The van der Waals surface area contributed by atoms with Gasteiger partial charge in [0.25, 0.3) is 0 Å². The Kier molecular flexibility index (Phi) is 6.62. The van der Waals surface area contributed by atoms with Crippen LogP contribution in [-0.4, -0.2) is 50.0 Å². The Morgan fingerprint density at radius 2 is 1.40 bits per heavy atom. The molecular formula is C11H11F9O4S. The third-order valence-electron chi connectivity index (χ3n) is 2.65. The van der Waals surface area contributed by atoms with Crippen molar-refractivity contribution >= 4 is 15.8 Å². The normalized spacial score (nSPS) is 14.3. The highest BCUT2D eigenvalue weighted by Gasteiger charge is 2.84. The molecule has 25 heavy (non-hydrogen) atoms. The molecule has 0 amide bonds. The second-order valence-electron chi connectivity index (χ2n) is 4.75. The van der Waals surface area contributed by atoms with Crippen LogP contribution in [-0.2, 0) is 19.4 Å². The van der Waals surface area contributed by atoms with Gasteiger partial charge in [-0.1, -0.05) is 6.58 Å². The van der Waals surface area contributed by atoms with Gasteiger partial charge < -0.3 is 4.74 Å². The predicted molar refractivity (Wildman–Crippen MR) is 65.1 cm³/mol. The van der Waals surface area contributed by atoms with Crippen molar-refractivity contribution in [3.8, 4) is 0 Å². The van der Waals surface area contributed by atoms with E-state index in [1.54, 1.807) is 0 Å². The highest BCUT2D eigenvalue weighted by molar-refractivity contribution is 7.92. The van der Waals surface area contributed by atoms with Gasteiger partial charge in [0.2, 0.25) is 9.84 Å². The zero-order valence-corrected chi connectivity index (χ0v) is 13.1. The molecule has 0 heterocycles. The monoisotopic (exact) mass is 410 g/mol. The van der Waals surface area contributed by atoms with E-state index in [1.807, 2.05) is 0 Å². The predicted octanol–water partition coefficient (Wildman–Crippen LogP) is 3.34. The molecule has 0 saturated carbocycles. The number of carbonyl (C=O) groups excluding carboxylic acids is 1. The lowest BCUT2D eigenvalue weighted by molar-refractivity contribution is -0.382. The zero-order valence-electron chi connectivity index (χ0n) is 12.3. The van der Waals surface area contributed by atoms with Crippen LogP contribution < -0.4 is 0 Å². The molecule has 0 fully saturated rings. The highest BCUT2D eigenvalue weighted by atomic mass is 32.2. The lowest BCUT2D eigenvalue weighted by atomic mass is 10.1. The molecule has 0 unspecified atom stereocenters. The number of rotatable bonds is 8. The maximum Gasteiger partial charge on any atom is 0.460 e. The zero-order chi connectivity index (χ0) is 20.5. The average Bonchev–Trinajstić information content (AvgIpc) is 2.41. The minimum Gasteiger partial charge on any atom is -0.462 e. The van der Waals surface area contributed by atoms with E-state index >= 15 is 0 Å². The molecule has 0 spiro atoms. The van der Waals surface area contributed by atoms with Crippen LogP contribution in [0.1, 0.15) is 13.3 Å². The van der Waals surface area contributed by atoms with E-state index in [2.05, 4.69) is 11.3 Å². The molecule has 0 aromatic heterocycles. The van der Waals surface area contributed by atoms with Gasteiger partial charge in [0.15, 0.2) is 0 Å². The Bertz CT molecular complexity index is 622. The van der Waals surface area contributed by atoms with Crippen molar-refractivity contribution in [3.63, 3.8) is 0 Å². The number of esters is 1. The quantitative estimate of drug-likeness (QED) is 0.267. The van der Waals surface area contributed by atoms with E-state index in [1.165, 1.54) is 0 Å². The number of ether oxygens (including phenoxy) is 1. The van der Waals surface area contributed by atoms with Gasteiger partial charge in [0.1, 0.15) is 0 Å². The summed E-state index contributed by atoms with van der Waals surface area (Å²) in [6.07, 6.45) is -8.17. The summed E-state index contributed by atoms with van der Waals surface area (Å²) < 4.78 is 140. The van der Waals surface area contributed by atoms with Crippen molar-refractivity contribution in [2.45, 2.75) is 36.6 Å². The Hall–Kier alpha value is -1.47. The van der Waals surface area contributed by atoms with Gasteiger partial charge in [-0.05, 0) is 13.3 Å². The number of halogens is 9. The van der Waals surface area contributed by atoms with Crippen LogP contribution in [0.5, 0.6) is 0 Å². The molecule has 0 aromatic carbocycles. The molecule has 148 valence electrons. The van der Waals surface area contributed by atoms with Gasteiger partial charge in [-0.25, -0.2) is 13.2 Å². The Morgan fingerprint density at radius 3 is 1.76 bits per heavy atom.